The Morgan fingerprint density at radius 3 is 2.19 bits per heavy atom. The first-order valence-corrected chi connectivity index (χ1v) is 7.53. The number of nitrogens with two attached hydrogens (primary N) is 1. The second-order valence-electron chi connectivity index (χ2n) is 6.00. The monoisotopic (exact) mass is 376 g/mol. The van der Waals surface area contributed by atoms with Crippen LogP contribution >= 0.6 is 0 Å². The maximum absolute atomic E-state index is 11.6. The highest BCUT2D eigenvalue weighted by Gasteiger charge is 2.35. The lowest BCUT2D eigenvalue weighted by Gasteiger charge is -2.31. The van der Waals surface area contributed by atoms with E-state index in [1.165, 1.54) is 30.3 Å². The molecular formula is C16H16N4O7. The summed E-state index contributed by atoms with van der Waals surface area (Å²) in [7, 11) is 0. The van der Waals surface area contributed by atoms with Crippen LogP contribution in [0.3, 0.4) is 0 Å². The van der Waals surface area contributed by atoms with Gasteiger partial charge in [-0.25, -0.2) is 0 Å². The molecule has 1 aliphatic rings. The molecule has 2 aromatic carbocycles. The Labute approximate surface area is 152 Å². The standard InChI is InChI=1S/C10H10N2O4.C6H6N2O3/c1-10(2)9(13)11-7-5-6(12(14)15)3-4-8(7)16-10;7-5-3-4(8(10)11)1-2-6(5)9/h3-5H,1-2H3,(H,11,13);1-3,9H,7H2. The maximum atomic E-state index is 11.6. The summed E-state index contributed by atoms with van der Waals surface area (Å²) in [5, 5.41) is 32.1. The van der Waals surface area contributed by atoms with E-state index in [1.54, 1.807) is 13.8 Å². The van der Waals surface area contributed by atoms with Gasteiger partial charge in [0, 0.05) is 24.3 Å². The largest absolute Gasteiger partial charge is 0.506 e. The lowest BCUT2D eigenvalue weighted by Crippen LogP contribution is -2.45. The van der Waals surface area contributed by atoms with Crippen molar-refractivity contribution >= 4 is 28.7 Å². The summed E-state index contributed by atoms with van der Waals surface area (Å²) in [6, 6.07) is 7.58. The summed E-state index contributed by atoms with van der Waals surface area (Å²) >= 11 is 0. The number of hydrogen-bond donors (Lipinski definition) is 3. The highest BCUT2D eigenvalue weighted by Crippen LogP contribution is 2.35. The summed E-state index contributed by atoms with van der Waals surface area (Å²) < 4.78 is 5.43. The number of carbonyl (C=O) groups excluding carboxylic acids is 1. The van der Waals surface area contributed by atoms with Crippen LogP contribution in [0.1, 0.15) is 13.8 Å². The van der Waals surface area contributed by atoms with Crippen molar-refractivity contribution in [1.82, 2.24) is 0 Å². The van der Waals surface area contributed by atoms with Crippen LogP contribution in [0.5, 0.6) is 11.5 Å². The van der Waals surface area contributed by atoms with E-state index in [0.717, 1.165) is 6.07 Å². The normalized spacial score (nSPS) is 13.9. The van der Waals surface area contributed by atoms with E-state index in [9.17, 15) is 25.0 Å². The highest BCUT2D eigenvalue weighted by atomic mass is 16.6. The Balaban J connectivity index is 0.000000208. The van der Waals surface area contributed by atoms with Crippen LogP contribution in [0.2, 0.25) is 0 Å². The molecule has 0 aliphatic carbocycles. The molecule has 0 aromatic heterocycles. The minimum Gasteiger partial charge on any atom is -0.506 e. The van der Waals surface area contributed by atoms with Gasteiger partial charge in [0.2, 0.25) is 0 Å². The van der Waals surface area contributed by atoms with Gasteiger partial charge in [0.1, 0.15) is 11.5 Å². The minimum absolute atomic E-state index is 0.0131. The van der Waals surface area contributed by atoms with Crippen molar-refractivity contribution in [2.45, 2.75) is 19.4 Å². The van der Waals surface area contributed by atoms with Crippen molar-refractivity contribution in [3.63, 3.8) is 0 Å². The van der Waals surface area contributed by atoms with Crippen LogP contribution in [0.4, 0.5) is 22.7 Å². The maximum Gasteiger partial charge on any atom is 0.271 e. The fraction of sp³-hybridized carbons (Fsp3) is 0.188. The average molecular weight is 376 g/mol. The number of rotatable bonds is 2. The number of ether oxygens (including phenoxy) is 1. The smallest absolute Gasteiger partial charge is 0.271 e. The fourth-order valence-corrected chi connectivity index (χ4v) is 2.07. The quantitative estimate of drug-likeness (QED) is 0.310. The van der Waals surface area contributed by atoms with Gasteiger partial charge in [0.05, 0.1) is 21.2 Å². The molecule has 3 rings (SSSR count). The summed E-state index contributed by atoms with van der Waals surface area (Å²) in [4.78, 5) is 31.1. The predicted octanol–water partition coefficient (Wildman–Crippen LogP) is 2.59. The van der Waals surface area contributed by atoms with Crippen LogP contribution in [-0.2, 0) is 4.79 Å². The van der Waals surface area contributed by atoms with E-state index in [2.05, 4.69) is 5.32 Å². The third kappa shape index (κ3) is 4.39. The number of phenols is 1. The number of nitrogens with zero attached hydrogens (tertiary/aromatic N) is 2. The number of nitro benzene ring substituents is 2. The number of carbonyl (C=O) groups is 1. The van der Waals surface area contributed by atoms with Crippen molar-refractivity contribution in [3.05, 3.63) is 56.6 Å². The molecule has 142 valence electrons. The number of phenolic OH excluding ortho intramolecular Hbond substituents is 1. The number of nitrogens with one attached hydrogen (secondary N) is 1. The Kier molecular flexibility index (Phi) is 5.15. The molecule has 0 fully saturated rings. The molecule has 0 saturated carbocycles. The number of hydrogen-bond acceptors (Lipinski definition) is 8. The highest BCUT2D eigenvalue weighted by molar-refractivity contribution is 6.00. The second-order valence-corrected chi connectivity index (χ2v) is 6.00. The molecule has 1 aliphatic heterocycles. The van der Waals surface area contributed by atoms with E-state index in [-0.39, 0.29) is 28.7 Å². The molecule has 2 aromatic rings. The van der Waals surface area contributed by atoms with Crippen molar-refractivity contribution < 1.29 is 24.5 Å². The van der Waals surface area contributed by atoms with Gasteiger partial charge in [0.15, 0.2) is 5.60 Å². The number of anilines is 2. The van der Waals surface area contributed by atoms with Crippen molar-refractivity contribution in [2.24, 2.45) is 0 Å². The third-order valence-electron chi connectivity index (χ3n) is 3.56. The zero-order valence-corrected chi connectivity index (χ0v) is 14.3. The Morgan fingerprint density at radius 2 is 1.63 bits per heavy atom. The molecule has 0 bridgehead atoms. The summed E-state index contributed by atoms with van der Waals surface area (Å²) in [5.41, 5.74) is 4.39. The van der Waals surface area contributed by atoms with Gasteiger partial charge in [-0.05, 0) is 26.0 Å². The minimum atomic E-state index is -0.955. The number of amides is 1. The molecule has 4 N–H and O–H groups in total. The number of nitro groups is 2. The first kappa shape index (κ1) is 19.4. The molecule has 1 amide bonds. The number of non-ortho nitro benzene ring substituents is 2. The average Bonchev–Trinajstić information content (AvgIpc) is 2.58. The first-order chi connectivity index (χ1) is 12.5. The molecule has 0 radical (unpaired) electrons. The molecule has 11 nitrogen and oxygen atoms in total. The van der Waals surface area contributed by atoms with Crippen molar-refractivity contribution in [2.75, 3.05) is 11.1 Å². The van der Waals surface area contributed by atoms with Gasteiger partial charge in [-0.1, -0.05) is 0 Å². The molecule has 0 spiro atoms. The van der Waals surface area contributed by atoms with Gasteiger partial charge in [-0.3, -0.25) is 25.0 Å². The Morgan fingerprint density at radius 1 is 1.07 bits per heavy atom. The molecule has 0 atom stereocenters. The molecule has 0 saturated heterocycles. The number of benzene rings is 2. The molecule has 27 heavy (non-hydrogen) atoms. The molecule has 11 heteroatoms. The third-order valence-corrected chi connectivity index (χ3v) is 3.56. The van der Waals surface area contributed by atoms with Crippen LogP contribution in [0.25, 0.3) is 0 Å². The predicted molar refractivity (Wildman–Crippen MR) is 95.6 cm³/mol. The number of fused-ring (bicyclic) bond motifs is 1. The Bertz CT molecular complexity index is 927. The van der Waals surface area contributed by atoms with E-state index >= 15 is 0 Å². The summed E-state index contributed by atoms with van der Waals surface area (Å²) in [6.07, 6.45) is 0. The molecular weight excluding hydrogens is 360 g/mol. The second kappa shape index (κ2) is 7.15. The number of aromatic hydroxyl groups is 1. The van der Waals surface area contributed by atoms with Crippen LogP contribution in [0, 0.1) is 20.2 Å². The van der Waals surface area contributed by atoms with Gasteiger partial charge >= 0.3 is 0 Å². The summed E-state index contributed by atoms with van der Waals surface area (Å²) in [6.45, 7) is 3.26. The zero-order chi connectivity index (χ0) is 20.4. The fourth-order valence-electron chi connectivity index (χ4n) is 2.07. The van der Waals surface area contributed by atoms with E-state index < -0.39 is 15.4 Å². The lowest BCUT2D eigenvalue weighted by atomic mass is 10.1. The van der Waals surface area contributed by atoms with Crippen LogP contribution < -0.4 is 15.8 Å². The summed E-state index contributed by atoms with van der Waals surface area (Å²) in [5.74, 6) is -0.0219. The van der Waals surface area contributed by atoms with Gasteiger partial charge in [-0.15, -0.1) is 0 Å². The molecule has 0 unspecified atom stereocenters. The van der Waals surface area contributed by atoms with Crippen LogP contribution in [-0.4, -0.2) is 26.5 Å². The van der Waals surface area contributed by atoms with Gasteiger partial charge < -0.3 is 20.9 Å². The van der Waals surface area contributed by atoms with E-state index in [4.69, 9.17) is 15.6 Å². The van der Waals surface area contributed by atoms with Gasteiger partial charge in [-0.2, -0.15) is 0 Å². The number of nitrogen functional groups attached to an aromatic ring is 1. The van der Waals surface area contributed by atoms with Gasteiger partial charge in [0.25, 0.3) is 17.3 Å². The topological polar surface area (TPSA) is 171 Å². The lowest BCUT2D eigenvalue weighted by molar-refractivity contribution is -0.385. The SMILES string of the molecule is CC1(C)Oc2ccc([N+](=O)[O-])cc2NC1=O.Nc1cc([N+](=O)[O-])ccc1O. The van der Waals surface area contributed by atoms with Crippen molar-refractivity contribution in [3.8, 4) is 11.5 Å². The Hall–Kier alpha value is -3.89. The van der Waals surface area contributed by atoms with Crippen molar-refractivity contribution in [1.29, 1.82) is 0 Å². The molecule has 1 heterocycles. The van der Waals surface area contributed by atoms with Crippen LogP contribution in [0.15, 0.2) is 36.4 Å². The van der Waals surface area contributed by atoms with E-state index in [1.807, 2.05) is 0 Å². The first-order valence-electron chi connectivity index (χ1n) is 7.53. The zero-order valence-electron chi connectivity index (χ0n) is 14.3. The van der Waals surface area contributed by atoms with E-state index in [0.29, 0.717) is 11.4 Å².